The molecule has 0 N–H and O–H groups in total. The zero-order chi connectivity index (χ0) is 18.7. The number of hydrogen-bond donors (Lipinski definition) is 0. The van der Waals surface area contributed by atoms with E-state index in [1.165, 1.54) is 0 Å². The molecule has 2 nitrogen and oxygen atoms in total. The molecule has 0 unspecified atom stereocenters. The van der Waals surface area contributed by atoms with Crippen molar-refractivity contribution in [2.45, 2.75) is 47.5 Å². The van der Waals surface area contributed by atoms with Gasteiger partial charge < -0.3 is 0 Å². The first-order chi connectivity index (χ1) is 11.6. The van der Waals surface area contributed by atoms with Gasteiger partial charge in [-0.05, 0) is 17.5 Å². The van der Waals surface area contributed by atoms with Gasteiger partial charge in [-0.15, -0.1) is 0 Å². The molecule has 2 heteroatoms. The third kappa shape index (κ3) is 5.12. The number of Topliss-reactive ketones (excluding diaryl/α,β-unsaturated/α-hetero) is 2. The van der Waals surface area contributed by atoms with Gasteiger partial charge in [0.15, 0.2) is 5.78 Å². The smallest absolute Gasteiger partial charge is 0.168 e. The molecule has 0 saturated heterocycles. The van der Waals surface area contributed by atoms with E-state index in [0.29, 0.717) is 12.8 Å². The Morgan fingerprint density at radius 1 is 0.760 bits per heavy atom. The maximum Gasteiger partial charge on any atom is 0.168 e. The van der Waals surface area contributed by atoms with Crippen LogP contribution in [0.15, 0.2) is 54.6 Å². The molecular formula is C23H28O2. The van der Waals surface area contributed by atoms with Gasteiger partial charge in [0.05, 0.1) is 0 Å². The molecule has 0 fully saturated rings. The first-order valence-corrected chi connectivity index (χ1v) is 8.80. The number of hydrogen-bond acceptors (Lipinski definition) is 2. The third-order valence-electron chi connectivity index (χ3n) is 4.51. The summed E-state index contributed by atoms with van der Waals surface area (Å²) in [6, 6.07) is 17.5. The van der Waals surface area contributed by atoms with Gasteiger partial charge in [-0.2, -0.15) is 0 Å². The SMILES string of the molecule is CC(C)(C)C(=O)c1ccc(CC(C)(C)C(=O)Cc2ccccc2)cc1. The van der Waals surface area contributed by atoms with Crippen LogP contribution in [0.5, 0.6) is 0 Å². The Morgan fingerprint density at radius 2 is 1.32 bits per heavy atom. The maximum atomic E-state index is 12.7. The van der Waals surface area contributed by atoms with Crippen molar-refractivity contribution in [1.29, 1.82) is 0 Å². The summed E-state index contributed by atoms with van der Waals surface area (Å²) in [7, 11) is 0. The quantitative estimate of drug-likeness (QED) is 0.671. The fourth-order valence-electron chi connectivity index (χ4n) is 2.84. The van der Waals surface area contributed by atoms with Crippen molar-refractivity contribution in [3.8, 4) is 0 Å². The second-order valence-corrected chi connectivity index (χ2v) is 8.42. The van der Waals surface area contributed by atoms with Gasteiger partial charge in [-0.3, -0.25) is 9.59 Å². The molecule has 0 saturated carbocycles. The lowest BCUT2D eigenvalue weighted by Gasteiger charge is -2.24. The van der Waals surface area contributed by atoms with Gasteiger partial charge >= 0.3 is 0 Å². The number of benzene rings is 2. The van der Waals surface area contributed by atoms with Gasteiger partial charge in [0.1, 0.15) is 5.78 Å². The Bertz CT molecular complexity index is 732. The minimum atomic E-state index is -0.439. The monoisotopic (exact) mass is 336 g/mol. The van der Waals surface area contributed by atoms with Gasteiger partial charge in [-0.25, -0.2) is 0 Å². The van der Waals surface area contributed by atoms with E-state index in [9.17, 15) is 9.59 Å². The largest absolute Gasteiger partial charge is 0.299 e. The Morgan fingerprint density at radius 3 is 1.84 bits per heavy atom. The first kappa shape index (κ1) is 19.1. The van der Waals surface area contributed by atoms with Crippen LogP contribution in [0.3, 0.4) is 0 Å². The second-order valence-electron chi connectivity index (χ2n) is 8.42. The van der Waals surface area contributed by atoms with Crippen LogP contribution >= 0.6 is 0 Å². The predicted octanol–water partition coefficient (Wildman–Crippen LogP) is 5.30. The fraction of sp³-hybridized carbons (Fsp3) is 0.391. The fourth-order valence-corrected chi connectivity index (χ4v) is 2.84. The predicted molar refractivity (Wildman–Crippen MR) is 103 cm³/mol. The molecule has 132 valence electrons. The highest BCUT2D eigenvalue weighted by molar-refractivity contribution is 5.99. The van der Waals surface area contributed by atoms with Crippen LogP contribution < -0.4 is 0 Å². The van der Waals surface area contributed by atoms with Gasteiger partial charge in [0.2, 0.25) is 0 Å². The molecule has 0 spiro atoms. The lowest BCUT2D eigenvalue weighted by atomic mass is 9.79. The second kappa shape index (κ2) is 7.35. The number of carbonyl (C=O) groups is 2. The van der Waals surface area contributed by atoms with E-state index in [1.54, 1.807) is 0 Å². The van der Waals surface area contributed by atoms with Crippen LogP contribution in [0.25, 0.3) is 0 Å². The van der Waals surface area contributed by atoms with E-state index in [1.807, 2.05) is 89.2 Å². The summed E-state index contributed by atoms with van der Waals surface area (Å²) in [4.78, 5) is 25.0. The summed E-state index contributed by atoms with van der Waals surface area (Å²) in [5, 5.41) is 0. The van der Waals surface area contributed by atoms with Crippen LogP contribution in [-0.2, 0) is 17.6 Å². The Balaban J connectivity index is 2.07. The average molecular weight is 336 g/mol. The minimum absolute atomic E-state index is 0.137. The molecule has 0 amide bonds. The summed E-state index contributed by atoms with van der Waals surface area (Å²) in [6.45, 7) is 9.76. The zero-order valence-corrected chi connectivity index (χ0v) is 15.9. The Kier molecular flexibility index (Phi) is 5.62. The summed E-state index contributed by atoms with van der Waals surface area (Å²) >= 11 is 0. The van der Waals surface area contributed by atoms with Crippen molar-refractivity contribution < 1.29 is 9.59 Å². The van der Waals surface area contributed by atoms with Gasteiger partial charge in [-0.1, -0.05) is 89.2 Å². The highest BCUT2D eigenvalue weighted by Crippen LogP contribution is 2.26. The van der Waals surface area contributed by atoms with Crippen molar-refractivity contribution >= 4 is 11.6 Å². The molecule has 0 heterocycles. The zero-order valence-electron chi connectivity index (χ0n) is 15.9. The average Bonchev–Trinajstić information content (AvgIpc) is 2.54. The van der Waals surface area contributed by atoms with Crippen LogP contribution in [0.2, 0.25) is 0 Å². The molecule has 25 heavy (non-hydrogen) atoms. The summed E-state index contributed by atoms with van der Waals surface area (Å²) in [5.74, 6) is 0.368. The molecule has 0 radical (unpaired) electrons. The third-order valence-corrected chi connectivity index (χ3v) is 4.51. The minimum Gasteiger partial charge on any atom is -0.299 e. The summed E-state index contributed by atoms with van der Waals surface area (Å²) in [5.41, 5.74) is 2.03. The topological polar surface area (TPSA) is 34.1 Å². The Hall–Kier alpha value is -2.22. The highest BCUT2D eigenvalue weighted by atomic mass is 16.1. The van der Waals surface area contributed by atoms with E-state index in [0.717, 1.165) is 16.7 Å². The number of carbonyl (C=O) groups excluding carboxylic acids is 2. The molecular weight excluding hydrogens is 308 g/mol. The molecule has 0 aromatic heterocycles. The normalized spacial score (nSPS) is 12.0. The molecule has 2 aromatic rings. The van der Waals surface area contributed by atoms with Crippen LogP contribution in [0.4, 0.5) is 0 Å². The van der Waals surface area contributed by atoms with Crippen LogP contribution in [0, 0.1) is 10.8 Å². The molecule has 0 aliphatic carbocycles. The summed E-state index contributed by atoms with van der Waals surface area (Å²) in [6.07, 6.45) is 1.12. The summed E-state index contributed by atoms with van der Waals surface area (Å²) < 4.78 is 0. The van der Waals surface area contributed by atoms with Crippen LogP contribution in [-0.4, -0.2) is 11.6 Å². The lowest BCUT2D eigenvalue weighted by Crippen LogP contribution is -2.28. The molecule has 2 rings (SSSR count). The molecule has 2 aromatic carbocycles. The molecule has 0 bridgehead atoms. The standard InChI is InChI=1S/C23H28O2/c1-22(2,3)21(25)19-13-11-18(12-14-19)16-23(4,5)20(24)15-17-9-7-6-8-10-17/h6-14H,15-16H2,1-5H3. The van der Waals surface area contributed by atoms with E-state index < -0.39 is 5.41 Å². The number of rotatable bonds is 6. The molecule has 0 aliphatic heterocycles. The van der Waals surface area contributed by atoms with Gasteiger partial charge in [0, 0.05) is 22.8 Å². The van der Waals surface area contributed by atoms with E-state index >= 15 is 0 Å². The van der Waals surface area contributed by atoms with Crippen molar-refractivity contribution in [2.24, 2.45) is 10.8 Å². The van der Waals surface area contributed by atoms with Crippen molar-refractivity contribution in [3.05, 3.63) is 71.3 Å². The van der Waals surface area contributed by atoms with E-state index in [4.69, 9.17) is 0 Å². The van der Waals surface area contributed by atoms with Crippen molar-refractivity contribution in [3.63, 3.8) is 0 Å². The van der Waals surface area contributed by atoms with Crippen molar-refractivity contribution in [1.82, 2.24) is 0 Å². The van der Waals surface area contributed by atoms with Crippen LogP contribution in [0.1, 0.15) is 56.1 Å². The maximum absolute atomic E-state index is 12.7. The number of ketones is 2. The lowest BCUT2D eigenvalue weighted by molar-refractivity contribution is -0.126. The van der Waals surface area contributed by atoms with Crippen molar-refractivity contribution in [2.75, 3.05) is 0 Å². The van der Waals surface area contributed by atoms with E-state index in [2.05, 4.69) is 0 Å². The highest BCUT2D eigenvalue weighted by Gasteiger charge is 2.28. The molecule has 0 aliphatic rings. The Labute approximate surface area is 151 Å². The molecule has 0 atom stereocenters. The van der Waals surface area contributed by atoms with E-state index in [-0.39, 0.29) is 17.0 Å². The van der Waals surface area contributed by atoms with Gasteiger partial charge in [0.25, 0.3) is 0 Å². The first-order valence-electron chi connectivity index (χ1n) is 8.80.